The first kappa shape index (κ1) is 16.5. The predicted octanol–water partition coefficient (Wildman–Crippen LogP) is 5.79. The summed E-state index contributed by atoms with van der Waals surface area (Å²) in [5.41, 5.74) is 7.77. The summed E-state index contributed by atoms with van der Waals surface area (Å²) in [6.45, 7) is 11.6. The molecule has 2 aromatic heterocycles. The molecule has 4 nitrogen and oxygen atoms in total. The minimum atomic E-state index is 0.620. The SMILES string of the molecule is [C-]#[N+]c1ccc2oc3c(-c4c5ccccc5nc[n+]4C)c(C)c(C)cc3c2c1. The fourth-order valence-electron chi connectivity index (χ4n) is 3.97. The fourth-order valence-corrected chi connectivity index (χ4v) is 3.97. The molecule has 0 radical (unpaired) electrons. The number of aromatic nitrogens is 2. The topological polar surface area (TPSA) is 34.3 Å². The van der Waals surface area contributed by atoms with Crippen LogP contribution in [0.1, 0.15) is 11.1 Å². The third kappa shape index (κ3) is 2.23. The molecular weight excluding hydrogens is 346 g/mol. The summed E-state index contributed by atoms with van der Waals surface area (Å²) in [4.78, 5) is 8.14. The van der Waals surface area contributed by atoms with Gasteiger partial charge in [-0.1, -0.05) is 18.2 Å². The first-order valence-corrected chi connectivity index (χ1v) is 9.16. The van der Waals surface area contributed by atoms with Crippen LogP contribution in [0.15, 0.2) is 59.3 Å². The lowest BCUT2D eigenvalue weighted by molar-refractivity contribution is -0.662. The molecule has 0 atom stereocenters. The summed E-state index contributed by atoms with van der Waals surface area (Å²) in [5, 5.41) is 3.11. The minimum Gasteiger partial charge on any atom is -0.455 e. The summed E-state index contributed by atoms with van der Waals surface area (Å²) in [6.07, 6.45) is 1.85. The van der Waals surface area contributed by atoms with Gasteiger partial charge in [-0.2, -0.15) is 0 Å². The number of rotatable bonds is 1. The molecular formula is C24H18N3O+. The van der Waals surface area contributed by atoms with E-state index >= 15 is 0 Å². The highest BCUT2D eigenvalue weighted by molar-refractivity contribution is 6.12. The molecule has 28 heavy (non-hydrogen) atoms. The second kappa shape index (κ2) is 5.90. The summed E-state index contributed by atoms with van der Waals surface area (Å²) >= 11 is 0. The van der Waals surface area contributed by atoms with E-state index < -0.39 is 0 Å². The van der Waals surface area contributed by atoms with Gasteiger partial charge in [0.05, 0.1) is 24.6 Å². The van der Waals surface area contributed by atoms with Crippen LogP contribution in [-0.2, 0) is 7.05 Å². The van der Waals surface area contributed by atoms with Crippen molar-refractivity contribution in [1.29, 1.82) is 0 Å². The molecule has 2 heterocycles. The zero-order valence-electron chi connectivity index (χ0n) is 15.9. The van der Waals surface area contributed by atoms with Crippen molar-refractivity contribution in [3.8, 4) is 11.3 Å². The van der Waals surface area contributed by atoms with Crippen LogP contribution in [0.4, 0.5) is 5.69 Å². The molecule has 0 aliphatic rings. The Kier molecular flexibility index (Phi) is 3.47. The van der Waals surface area contributed by atoms with E-state index in [0.717, 1.165) is 44.1 Å². The summed E-state index contributed by atoms with van der Waals surface area (Å²) < 4.78 is 8.40. The third-order valence-corrected chi connectivity index (χ3v) is 5.51. The van der Waals surface area contributed by atoms with Crippen molar-refractivity contribution in [3.63, 3.8) is 0 Å². The van der Waals surface area contributed by atoms with Gasteiger partial charge in [0.25, 0.3) is 6.33 Å². The lowest BCUT2D eigenvalue weighted by Gasteiger charge is -2.11. The molecule has 0 aliphatic heterocycles. The van der Waals surface area contributed by atoms with E-state index in [-0.39, 0.29) is 0 Å². The van der Waals surface area contributed by atoms with E-state index in [4.69, 9.17) is 11.0 Å². The van der Waals surface area contributed by atoms with Gasteiger partial charge in [-0.15, -0.1) is 0 Å². The number of furan rings is 1. The average Bonchev–Trinajstić information content (AvgIpc) is 3.07. The number of para-hydroxylation sites is 1. The van der Waals surface area contributed by atoms with Gasteiger partial charge in [0.15, 0.2) is 11.2 Å². The number of benzene rings is 3. The van der Waals surface area contributed by atoms with Gasteiger partial charge in [-0.05, 0) is 60.3 Å². The molecule has 0 unspecified atom stereocenters. The van der Waals surface area contributed by atoms with Crippen molar-refractivity contribution in [1.82, 2.24) is 4.98 Å². The second-order valence-electron chi connectivity index (χ2n) is 7.19. The standard InChI is InChI=1S/C24H18N3O/c1-14-11-19-18-12-16(25-3)9-10-21(18)28-24(19)22(15(14)2)23-17-7-5-6-8-20(17)26-13-27(23)4/h5-13H,1-2,4H3/q+1. The molecule has 3 aromatic carbocycles. The van der Waals surface area contributed by atoms with E-state index in [1.54, 1.807) is 6.07 Å². The van der Waals surface area contributed by atoms with E-state index in [9.17, 15) is 0 Å². The van der Waals surface area contributed by atoms with Crippen LogP contribution in [-0.4, -0.2) is 4.98 Å². The van der Waals surface area contributed by atoms with Gasteiger partial charge in [0.2, 0.25) is 0 Å². The molecule has 5 aromatic rings. The molecule has 0 fully saturated rings. The molecule has 0 spiro atoms. The molecule has 0 saturated carbocycles. The zero-order valence-corrected chi connectivity index (χ0v) is 15.9. The largest absolute Gasteiger partial charge is 0.455 e. The third-order valence-electron chi connectivity index (χ3n) is 5.51. The fraction of sp³-hybridized carbons (Fsp3) is 0.125. The molecule has 5 rings (SSSR count). The maximum Gasteiger partial charge on any atom is 0.287 e. The summed E-state index contributed by atoms with van der Waals surface area (Å²) in [6, 6.07) is 15.9. The Labute approximate surface area is 162 Å². The highest BCUT2D eigenvalue weighted by atomic mass is 16.3. The Morgan fingerprint density at radius 1 is 1.00 bits per heavy atom. The first-order valence-electron chi connectivity index (χ1n) is 9.16. The van der Waals surface area contributed by atoms with Crippen LogP contribution in [0.3, 0.4) is 0 Å². The van der Waals surface area contributed by atoms with Crippen LogP contribution in [0.5, 0.6) is 0 Å². The Hall–Kier alpha value is -3.71. The molecule has 0 bridgehead atoms. The highest BCUT2D eigenvalue weighted by Gasteiger charge is 2.23. The Morgan fingerprint density at radius 2 is 1.82 bits per heavy atom. The minimum absolute atomic E-state index is 0.620. The van der Waals surface area contributed by atoms with Gasteiger partial charge >= 0.3 is 0 Å². The first-order chi connectivity index (χ1) is 13.6. The van der Waals surface area contributed by atoms with Gasteiger partial charge in [-0.3, -0.25) is 0 Å². The molecule has 4 heteroatoms. The number of hydrogen-bond donors (Lipinski definition) is 0. The lowest BCUT2D eigenvalue weighted by atomic mass is 9.94. The van der Waals surface area contributed by atoms with Crippen LogP contribution in [0.25, 0.3) is 48.9 Å². The van der Waals surface area contributed by atoms with Crippen molar-refractivity contribution in [3.05, 3.63) is 77.4 Å². The molecule has 0 amide bonds. The number of hydrogen-bond acceptors (Lipinski definition) is 2. The lowest BCUT2D eigenvalue weighted by Crippen LogP contribution is -2.32. The maximum atomic E-state index is 7.34. The van der Waals surface area contributed by atoms with Crippen molar-refractivity contribution in [2.24, 2.45) is 7.05 Å². The van der Waals surface area contributed by atoms with Crippen molar-refractivity contribution in [2.75, 3.05) is 0 Å². The van der Waals surface area contributed by atoms with Gasteiger partial charge in [-0.25, -0.2) is 9.41 Å². The number of fused-ring (bicyclic) bond motifs is 4. The smallest absolute Gasteiger partial charge is 0.287 e. The predicted molar refractivity (Wildman–Crippen MR) is 111 cm³/mol. The van der Waals surface area contributed by atoms with Crippen LogP contribution in [0.2, 0.25) is 0 Å². The van der Waals surface area contributed by atoms with Crippen molar-refractivity contribution < 1.29 is 8.98 Å². The number of nitrogens with zero attached hydrogens (tertiary/aromatic N) is 3. The van der Waals surface area contributed by atoms with Crippen molar-refractivity contribution >= 4 is 38.5 Å². The van der Waals surface area contributed by atoms with E-state index in [1.165, 1.54) is 11.1 Å². The normalized spacial score (nSPS) is 11.4. The molecule has 0 saturated heterocycles. The Morgan fingerprint density at radius 3 is 2.64 bits per heavy atom. The molecule has 0 N–H and O–H groups in total. The Bertz CT molecular complexity index is 1450. The maximum absolute atomic E-state index is 7.34. The van der Waals surface area contributed by atoms with E-state index in [0.29, 0.717) is 5.69 Å². The second-order valence-corrected chi connectivity index (χ2v) is 7.19. The van der Waals surface area contributed by atoms with Gasteiger partial charge in [0, 0.05) is 10.8 Å². The van der Waals surface area contributed by atoms with E-state index in [2.05, 4.69) is 40.4 Å². The molecule has 134 valence electrons. The summed E-state index contributed by atoms with van der Waals surface area (Å²) in [7, 11) is 2.02. The van der Waals surface area contributed by atoms with Gasteiger partial charge < -0.3 is 4.42 Å². The van der Waals surface area contributed by atoms with Crippen LogP contribution >= 0.6 is 0 Å². The summed E-state index contributed by atoms with van der Waals surface area (Å²) in [5.74, 6) is 0. The monoisotopic (exact) mass is 364 g/mol. The van der Waals surface area contributed by atoms with Crippen LogP contribution < -0.4 is 4.57 Å². The Balaban J connectivity index is 2.00. The van der Waals surface area contributed by atoms with Crippen molar-refractivity contribution in [2.45, 2.75) is 13.8 Å². The number of aryl methyl sites for hydroxylation is 2. The highest BCUT2D eigenvalue weighted by Crippen LogP contribution is 2.40. The van der Waals surface area contributed by atoms with E-state index in [1.807, 2.05) is 43.7 Å². The average molecular weight is 364 g/mol. The van der Waals surface area contributed by atoms with Crippen LogP contribution in [0, 0.1) is 20.4 Å². The molecule has 0 aliphatic carbocycles. The zero-order chi connectivity index (χ0) is 19.4. The van der Waals surface area contributed by atoms with Gasteiger partial charge in [0.1, 0.15) is 16.9 Å². The quantitative estimate of drug-likeness (QED) is 0.278.